The van der Waals surface area contributed by atoms with E-state index in [1.807, 2.05) is 60.7 Å². The van der Waals surface area contributed by atoms with Gasteiger partial charge in [0.25, 0.3) is 0 Å². The van der Waals surface area contributed by atoms with E-state index in [2.05, 4.69) is 10.3 Å². The molecule has 0 aliphatic carbocycles. The van der Waals surface area contributed by atoms with Crippen LogP contribution in [0.4, 0.5) is 11.4 Å². The molecule has 0 heterocycles. The highest BCUT2D eigenvalue weighted by Gasteiger charge is 1.87. The van der Waals surface area contributed by atoms with E-state index >= 15 is 0 Å². The third-order valence-electron chi connectivity index (χ3n) is 2.49. The maximum absolute atomic E-state index is 9.64. The van der Waals surface area contributed by atoms with Gasteiger partial charge < -0.3 is 10.4 Å². The van der Waals surface area contributed by atoms with Crippen molar-refractivity contribution in [2.75, 3.05) is 5.32 Å². The zero-order chi connectivity index (χ0) is 14.0. The van der Waals surface area contributed by atoms with Crippen LogP contribution in [0.15, 0.2) is 89.8 Å². The van der Waals surface area contributed by atoms with E-state index in [1.54, 1.807) is 18.4 Å². The molecule has 0 aliphatic rings. The standard InChI is InChI=1S/C17H16N2O/c20-17(14-19-16-10-5-2-6-11-16)12-7-13-18-15-8-3-1-4-9-15/h1-14,18,20H/b13-7-,17-12+,19-14?. The van der Waals surface area contributed by atoms with Gasteiger partial charge in [-0.25, -0.2) is 0 Å². The first-order chi connectivity index (χ1) is 9.84. The molecule has 0 bridgehead atoms. The molecule has 0 saturated carbocycles. The summed E-state index contributed by atoms with van der Waals surface area (Å²) in [4.78, 5) is 4.15. The molecule has 0 unspecified atom stereocenters. The maximum Gasteiger partial charge on any atom is 0.133 e. The van der Waals surface area contributed by atoms with Gasteiger partial charge in [0.15, 0.2) is 0 Å². The minimum Gasteiger partial charge on any atom is -0.506 e. The summed E-state index contributed by atoms with van der Waals surface area (Å²) >= 11 is 0. The Morgan fingerprint density at radius 1 is 0.950 bits per heavy atom. The fraction of sp³-hybridized carbons (Fsp3) is 0. The Labute approximate surface area is 118 Å². The number of hydrogen-bond donors (Lipinski definition) is 2. The highest BCUT2D eigenvalue weighted by Crippen LogP contribution is 2.09. The van der Waals surface area contributed by atoms with Crippen LogP contribution in [0.5, 0.6) is 0 Å². The van der Waals surface area contributed by atoms with Crippen molar-refractivity contribution in [1.29, 1.82) is 0 Å². The Kier molecular flexibility index (Phi) is 5.17. The molecule has 100 valence electrons. The van der Waals surface area contributed by atoms with Gasteiger partial charge in [-0.05, 0) is 36.4 Å². The van der Waals surface area contributed by atoms with Gasteiger partial charge in [-0.3, -0.25) is 4.99 Å². The lowest BCUT2D eigenvalue weighted by atomic mass is 10.3. The minimum atomic E-state index is 0.0972. The monoisotopic (exact) mass is 264 g/mol. The van der Waals surface area contributed by atoms with E-state index in [0.29, 0.717) is 0 Å². The number of nitrogens with zero attached hydrogens (tertiary/aromatic N) is 1. The summed E-state index contributed by atoms with van der Waals surface area (Å²) < 4.78 is 0. The summed E-state index contributed by atoms with van der Waals surface area (Å²) in [6.07, 6.45) is 6.46. The van der Waals surface area contributed by atoms with Crippen molar-refractivity contribution >= 4 is 17.6 Å². The zero-order valence-electron chi connectivity index (χ0n) is 11.0. The molecule has 3 nitrogen and oxygen atoms in total. The number of aliphatic imine (C=N–C) groups is 1. The molecule has 2 rings (SSSR count). The van der Waals surface area contributed by atoms with Gasteiger partial charge in [-0.1, -0.05) is 36.4 Å². The predicted octanol–water partition coefficient (Wildman–Crippen LogP) is 4.46. The smallest absolute Gasteiger partial charge is 0.133 e. The number of benzene rings is 2. The fourth-order valence-corrected chi connectivity index (χ4v) is 1.52. The van der Waals surface area contributed by atoms with Crippen LogP contribution in [-0.2, 0) is 0 Å². The molecule has 2 aromatic rings. The zero-order valence-corrected chi connectivity index (χ0v) is 11.0. The Morgan fingerprint density at radius 2 is 1.60 bits per heavy atom. The first kappa shape index (κ1) is 13.6. The fourth-order valence-electron chi connectivity index (χ4n) is 1.52. The number of hydrogen-bond acceptors (Lipinski definition) is 3. The molecule has 0 aromatic heterocycles. The van der Waals surface area contributed by atoms with Crippen molar-refractivity contribution in [2.24, 2.45) is 4.99 Å². The molecule has 0 fully saturated rings. The van der Waals surface area contributed by atoms with E-state index < -0.39 is 0 Å². The van der Waals surface area contributed by atoms with Gasteiger partial charge in [-0.15, -0.1) is 0 Å². The molecular weight excluding hydrogens is 248 g/mol. The highest BCUT2D eigenvalue weighted by molar-refractivity contribution is 5.78. The van der Waals surface area contributed by atoms with Gasteiger partial charge >= 0.3 is 0 Å². The third-order valence-corrected chi connectivity index (χ3v) is 2.49. The van der Waals surface area contributed by atoms with Crippen LogP contribution in [0.1, 0.15) is 0 Å². The molecule has 2 N–H and O–H groups in total. The van der Waals surface area contributed by atoms with Crippen molar-refractivity contribution in [2.45, 2.75) is 0 Å². The lowest BCUT2D eigenvalue weighted by Gasteiger charge is -1.97. The van der Waals surface area contributed by atoms with E-state index in [9.17, 15) is 5.11 Å². The minimum absolute atomic E-state index is 0.0972. The second-order valence-corrected chi connectivity index (χ2v) is 4.05. The number of para-hydroxylation sites is 2. The highest BCUT2D eigenvalue weighted by atomic mass is 16.3. The molecule has 0 aliphatic heterocycles. The van der Waals surface area contributed by atoms with Crippen LogP contribution >= 0.6 is 0 Å². The van der Waals surface area contributed by atoms with Crippen LogP contribution in [0, 0.1) is 0 Å². The molecule has 0 spiro atoms. The molecule has 3 heteroatoms. The average Bonchev–Trinajstić information content (AvgIpc) is 2.52. The second-order valence-electron chi connectivity index (χ2n) is 4.05. The Balaban J connectivity index is 1.86. The first-order valence-corrected chi connectivity index (χ1v) is 6.31. The van der Waals surface area contributed by atoms with Gasteiger partial charge in [0, 0.05) is 11.9 Å². The number of aliphatic hydroxyl groups excluding tert-OH is 1. The lowest BCUT2D eigenvalue weighted by molar-refractivity contribution is 0.446. The molecule has 20 heavy (non-hydrogen) atoms. The van der Waals surface area contributed by atoms with Gasteiger partial charge in [-0.2, -0.15) is 0 Å². The number of aliphatic hydroxyl groups is 1. The number of allylic oxidation sites excluding steroid dienone is 3. The lowest BCUT2D eigenvalue weighted by Crippen LogP contribution is -1.85. The maximum atomic E-state index is 9.64. The van der Waals surface area contributed by atoms with E-state index in [-0.39, 0.29) is 5.76 Å². The SMILES string of the molecule is O/C(C=Nc1ccccc1)=C/C=C\Nc1ccccc1. The van der Waals surface area contributed by atoms with Gasteiger partial charge in [0.2, 0.25) is 0 Å². The molecular formula is C17H16N2O. The second kappa shape index (κ2) is 7.59. The number of nitrogens with one attached hydrogen (secondary N) is 1. The van der Waals surface area contributed by atoms with E-state index in [0.717, 1.165) is 11.4 Å². The topological polar surface area (TPSA) is 44.6 Å². The molecule has 0 amide bonds. The van der Waals surface area contributed by atoms with Gasteiger partial charge in [0.05, 0.1) is 11.9 Å². The van der Waals surface area contributed by atoms with Crippen molar-refractivity contribution in [3.8, 4) is 0 Å². The van der Waals surface area contributed by atoms with Crippen LogP contribution in [0.2, 0.25) is 0 Å². The summed E-state index contributed by atoms with van der Waals surface area (Å²) in [6, 6.07) is 19.3. The number of anilines is 1. The van der Waals surface area contributed by atoms with Crippen molar-refractivity contribution in [1.82, 2.24) is 0 Å². The summed E-state index contributed by atoms with van der Waals surface area (Å²) in [5.74, 6) is 0.0972. The molecule has 0 saturated heterocycles. The quantitative estimate of drug-likeness (QED) is 0.476. The van der Waals surface area contributed by atoms with Crippen molar-refractivity contribution in [3.05, 3.63) is 84.8 Å². The molecule has 0 atom stereocenters. The van der Waals surface area contributed by atoms with E-state index in [1.165, 1.54) is 6.21 Å². The summed E-state index contributed by atoms with van der Waals surface area (Å²) in [7, 11) is 0. The summed E-state index contributed by atoms with van der Waals surface area (Å²) in [5, 5.41) is 12.7. The summed E-state index contributed by atoms with van der Waals surface area (Å²) in [6.45, 7) is 0. The van der Waals surface area contributed by atoms with Crippen LogP contribution < -0.4 is 5.32 Å². The Bertz CT molecular complexity index is 601. The largest absolute Gasteiger partial charge is 0.506 e. The average molecular weight is 264 g/mol. The Hall–Kier alpha value is -2.81. The van der Waals surface area contributed by atoms with Crippen molar-refractivity contribution < 1.29 is 5.11 Å². The Morgan fingerprint density at radius 3 is 2.30 bits per heavy atom. The third kappa shape index (κ3) is 4.82. The van der Waals surface area contributed by atoms with Crippen LogP contribution in [0.3, 0.4) is 0 Å². The van der Waals surface area contributed by atoms with Gasteiger partial charge in [0.1, 0.15) is 5.76 Å². The molecule has 0 radical (unpaired) electrons. The normalized spacial score (nSPS) is 12.1. The number of rotatable bonds is 5. The van der Waals surface area contributed by atoms with Crippen molar-refractivity contribution in [3.63, 3.8) is 0 Å². The van der Waals surface area contributed by atoms with Crippen LogP contribution in [0.25, 0.3) is 0 Å². The molecule has 2 aromatic carbocycles. The first-order valence-electron chi connectivity index (χ1n) is 6.31. The van der Waals surface area contributed by atoms with E-state index in [4.69, 9.17) is 0 Å². The van der Waals surface area contributed by atoms with Crippen LogP contribution in [-0.4, -0.2) is 11.3 Å². The predicted molar refractivity (Wildman–Crippen MR) is 84.5 cm³/mol. The summed E-state index contributed by atoms with van der Waals surface area (Å²) in [5.41, 5.74) is 1.80.